The van der Waals surface area contributed by atoms with Gasteiger partial charge in [0, 0.05) is 35.6 Å². The lowest BCUT2D eigenvalue weighted by Gasteiger charge is -2.15. The fourth-order valence-electron chi connectivity index (χ4n) is 2.95. The lowest BCUT2D eigenvalue weighted by molar-refractivity contribution is 0.0935. The molecule has 0 aliphatic carbocycles. The molecule has 2 N–H and O–H groups in total. The van der Waals surface area contributed by atoms with Gasteiger partial charge in [-0.3, -0.25) is 9.48 Å². The van der Waals surface area contributed by atoms with E-state index in [-0.39, 0.29) is 11.9 Å². The predicted octanol–water partition coefficient (Wildman–Crippen LogP) is 3.31. The Labute approximate surface area is 147 Å². The number of carbonyl (C=O) groups is 1. The first-order chi connectivity index (χ1) is 12.0. The van der Waals surface area contributed by atoms with E-state index in [2.05, 4.69) is 20.4 Å². The van der Waals surface area contributed by atoms with Gasteiger partial charge in [0.25, 0.3) is 5.91 Å². The van der Waals surface area contributed by atoms with Crippen molar-refractivity contribution in [3.8, 4) is 11.3 Å². The van der Waals surface area contributed by atoms with Gasteiger partial charge in [0.05, 0.1) is 17.9 Å². The number of H-pyrrole nitrogens is 1. The van der Waals surface area contributed by atoms with E-state index < -0.39 is 0 Å². The Kier molecular flexibility index (Phi) is 4.70. The molecular formula is C19H23N5O. The Bertz CT molecular complexity index is 876. The summed E-state index contributed by atoms with van der Waals surface area (Å²) >= 11 is 0. The van der Waals surface area contributed by atoms with Crippen molar-refractivity contribution in [1.29, 1.82) is 0 Å². The third kappa shape index (κ3) is 3.63. The summed E-state index contributed by atoms with van der Waals surface area (Å²) in [4.78, 5) is 20.2. The average Bonchev–Trinajstić information content (AvgIpc) is 3.17. The molecule has 0 aliphatic heterocycles. The highest BCUT2D eigenvalue weighted by Crippen LogP contribution is 2.22. The molecule has 0 saturated carbocycles. The number of hydrogen-bond donors (Lipinski definition) is 2. The lowest BCUT2D eigenvalue weighted by Crippen LogP contribution is -2.27. The Morgan fingerprint density at radius 2 is 2.00 bits per heavy atom. The monoisotopic (exact) mass is 337 g/mol. The molecule has 6 nitrogen and oxygen atoms in total. The molecule has 6 heteroatoms. The molecule has 1 unspecified atom stereocenters. The van der Waals surface area contributed by atoms with Crippen molar-refractivity contribution in [3.05, 3.63) is 59.3 Å². The third-order valence-electron chi connectivity index (χ3n) is 4.26. The van der Waals surface area contributed by atoms with Gasteiger partial charge in [0.15, 0.2) is 0 Å². The summed E-state index contributed by atoms with van der Waals surface area (Å²) in [5, 5.41) is 7.25. The molecule has 1 atom stereocenters. The quantitative estimate of drug-likeness (QED) is 0.750. The molecule has 3 rings (SSSR count). The van der Waals surface area contributed by atoms with E-state index in [4.69, 9.17) is 0 Å². The van der Waals surface area contributed by atoms with E-state index in [0.29, 0.717) is 5.56 Å². The number of nitrogens with one attached hydrogen (secondary N) is 2. The maximum absolute atomic E-state index is 12.6. The number of amides is 1. The van der Waals surface area contributed by atoms with Crippen molar-refractivity contribution < 1.29 is 4.79 Å². The first-order valence-electron chi connectivity index (χ1n) is 8.41. The summed E-state index contributed by atoms with van der Waals surface area (Å²) in [6, 6.07) is 7.50. The molecule has 0 aliphatic rings. The number of rotatable bonds is 5. The molecule has 25 heavy (non-hydrogen) atoms. The minimum atomic E-state index is -0.0859. The van der Waals surface area contributed by atoms with Crippen LogP contribution >= 0.6 is 0 Å². The Balaban J connectivity index is 1.75. The number of hydrogen-bond acceptors (Lipinski definition) is 3. The van der Waals surface area contributed by atoms with Gasteiger partial charge < -0.3 is 10.3 Å². The molecule has 0 bridgehead atoms. The number of benzene rings is 1. The van der Waals surface area contributed by atoms with Crippen LogP contribution in [0, 0.1) is 13.8 Å². The largest absolute Gasteiger partial charge is 0.346 e. The van der Waals surface area contributed by atoms with Crippen molar-refractivity contribution in [3.63, 3.8) is 0 Å². The maximum Gasteiger partial charge on any atom is 0.251 e. The topological polar surface area (TPSA) is 75.6 Å². The van der Waals surface area contributed by atoms with Crippen molar-refractivity contribution >= 4 is 5.91 Å². The Morgan fingerprint density at radius 1 is 1.28 bits per heavy atom. The van der Waals surface area contributed by atoms with Crippen LogP contribution in [0.2, 0.25) is 0 Å². The second kappa shape index (κ2) is 6.93. The van der Waals surface area contributed by atoms with Crippen LogP contribution in [0.3, 0.4) is 0 Å². The summed E-state index contributed by atoms with van der Waals surface area (Å²) in [5.74, 6) is 0.800. The summed E-state index contributed by atoms with van der Waals surface area (Å²) < 4.78 is 1.74. The standard InChI is InChI=1S/C19H23N5O/c1-5-17(16-10-20-24(4)11-16)23-19(25)15-8-6-14(7-9-15)18-12(2)21-13(3)22-18/h6-11,17H,5H2,1-4H3,(H,21,22)(H,23,25). The predicted molar refractivity (Wildman–Crippen MR) is 97.2 cm³/mol. The highest BCUT2D eigenvalue weighted by molar-refractivity contribution is 5.94. The van der Waals surface area contributed by atoms with Gasteiger partial charge in [-0.15, -0.1) is 0 Å². The van der Waals surface area contributed by atoms with Crippen molar-refractivity contribution in [2.75, 3.05) is 0 Å². The highest BCUT2D eigenvalue weighted by atomic mass is 16.1. The summed E-state index contributed by atoms with van der Waals surface area (Å²) in [6.07, 6.45) is 4.53. The molecule has 2 heterocycles. The smallest absolute Gasteiger partial charge is 0.251 e. The molecule has 0 spiro atoms. The molecule has 0 saturated heterocycles. The number of imidazole rings is 1. The highest BCUT2D eigenvalue weighted by Gasteiger charge is 2.16. The third-order valence-corrected chi connectivity index (χ3v) is 4.26. The number of carbonyl (C=O) groups excluding carboxylic acids is 1. The fraction of sp³-hybridized carbons (Fsp3) is 0.316. The molecule has 2 aromatic heterocycles. The normalized spacial score (nSPS) is 12.2. The zero-order chi connectivity index (χ0) is 18.0. The average molecular weight is 337 g/mol. The minimum absolute atomic E-state index is 0.0443. The molecule has 130 valence electrons. The van der Waals surface area contributed by atoms with Crippen molar-refractivity contribution in [2.45, 2.75) is 33.2 Å². The van der Waals surface area contributed by atoms with Crippen LogP contribution in [0.4, 0.5) is 0 Å². The molecule has 0 radical (unpaired) electrons. The Morgan fingerprint density at radius 3 is 2.52 bits per heavy atom. The van der Waals surface area contributed by atoms with E-state index in [0.717, 1.165) is 34.8 Å². The van der Waals surface area contributed by atoms with E-state index in [1.165, 1.54) is 0 Å². The van der Waals surface area contributed by atoms with E-state index in [1.54, 1.807) is 10.9 Å². The molecular weight excluding hydrogens is 314 g/mol. The van der Waals surface area contributed by atoms with Gasteiger partial charge in [-0.05, 0) is 32.4 Å². The molecule has 1 aromatic carbocycles. The van der Waals surface area contributed by atoms with Crippen LogP contribution in [0.15, 0.2) is 36.7 Å². The SMILES string of the molecule is CCC(NC(=O)c1ccc(-c2nc(C)[nH]c2C)cc1)c1cnn(C)c1. The van der Waals surface area contributed by atoms with Crippen LogP contribution in [0.5, 0.6) is 0 Å². The molecule has 1 amide bonds. The molecule has 0 fully saturated rings. The van der Waals surface area contributed by atoms with E-state index >= 15 is 0 Å². The van der Waals surface area contributed by atoms with Crippen molar-refractivity contribution in [2.24, 2.45) is 7.05 Å². The minimum Gasteiger partial charge on any atom is -0.346 e. The number of aromatic nitrogens is 4. The van der Waals surface area contributed by atoms with Crippen LogP contribution in [-0.4, -0.2) is 25.7 Å². The zero-order valence-electron chi connectivity index (χ0n) is 15.0. The van der Waals surface area contributed by atoms with Gasteiger partial charge >= 0.3 is 0 Å². The van der Waals surface area contributed by atoms with Gasteiger partial charge in [-0.2, -0.15) is 5.10 Å². The summed E-state index contributed by atoms with van der Waals surface area (Å²) in [6.45, 7) is 5.97. The van der Waals surface area contributed by atoms with Gasteiger partial charge in [0.1, 0.15) is 5.82 Å². The van der Waals surface area contributed by atoms with Gasteiger partial charge in [-0.1, -0.05) is 19.1 Å². The van der Waals surface area contributed by atoms with Crippen LogP contribution in [0.1, 0.15) is 46.8 Å². The fourth-order valence-corrected chi connectivity index (χ4v) is 2.95. The Hall–Kier alpha value is -2.89. The first-order valence-corrected chi connectivity index (χ1v) is 8.41. The van der Waals surface area contributed by atoms with E-state index in [1.807, 2.05) is 58.3 Å². The molecule has 3 aromatic rings. The van der Waals surface area contributed by atoms with Crippen LogP contribution in [-0.2, 0) is 7.05 Å². The van der Waals surface area contributed by atoms with E-state index in [9.17, 15) is 4.79 Å². The number of aromatic amines is 1. The summed E-state index contributed by atoms with van der Waals surface area (Å²) in [7, 11) is 1.87. The van der Waals surface area contributed by atoms with Gasteiger partial charge in [-0.25, -0.2) is 4.98 Å². The maximum atomic E-state index is 12.6. The summed E-state index contributed by atoms with van der Waals surface area (Å²) in [5.41, 5.74) is 4.59. The number of aryl methyl sites for hydroxylation is 3. The lowest BCUT2D eigenvalue weighted by atomic mass is 10.1. The van der Waals surface area contributed by atoms with Crippen LogP contribution in [0.25, 0.3) is 11.3 Å². The second-order valence-corrected chi connectivity index (χ2v) is 6.25. The second-order valence-electron chi connectivity index (χ2n) is 6.25. The zero-order valence-corrected chi connectivity index (χ0v) is 15.0. The van der Waals surface area contributed by atoms with Crippen molar-refractivity contribution in [1.82, 2.24) is 25.1 Å². The van der Waals surface area contributed by atoms with Crippen LogP contribution < -0.4 is 5.32 Å². The number of nitrogens with zero attached hydrogens (tertiary/aromatic N) is 3. The first kappa shape index (κ1) is 17.0. The van der Waals surface area contributed by atoms with Gasteiger partial charge in [0.2, 0.25) is 0 Å².